The first-order valence-corrected chi connectivity index (χ1v) is 13.3. The highest BCUT2D eigenvalue weighted by Gasteiger charge is 2.13. The maximum absolute atomic E-state index is 6.46. The maximum atomic E-state index is 6.46. The van der Waals surface area contributed by atoms with E-state index in [2.05, 4.69) is 30.7 Å². The molecule has 1 aromatic carbocycles. The van der Waals surface area contributed by atoms with Crippen molar-refractivity contribution in [1.29, 1.82) is 0 Å². The van der Waals surface area contributed by atoms with Crippen LogP contribution in [0.25, 0.3) is 11.4 Å². The molecular formula is C27H40Cl2N2O. The number of hydrogen-bond acceptors (Lipinski definition) is 3. The van der Waals surface area contributed by atoms with Crippen LogP contribution in [-0.4, -0.2) is 16.6 Å². The fraction of sp³-hybridized carbons (Fsp3) is 0.630. The highest BCUT2D eigenvalue weighted by Crippen LogP contribution is 2.28. The van der Waals surface area contributed by atoms with Crippen LogP contribution in [0.5, 0.6) is 5.75 Å². The zero-order valence-electron chi connectivity index (χ0n) is 20.1. The van der Waals surface area contributed by atoms with Crippen LogP contribution in [0.4, 0.5) is 0 Å². The Balaban J connectivity index is 1.81. The summed E-state index contributed by atoms with van der Waals surface area (Å²) < 4.78 is 5.88. The second-order valence-corrected chi connectivity index (χ2v) is 9.58. The lowest BCUT2D eigenvalue weighted by Crippen LogP contribution is -2.00. The van der Waals surface area contributed by atoms with E-state index in [9.17, 15) is 0 Å². The second kappa shape index (κ2) is 15.5. The molecule has 1 unspecified atom stereocenters. The Labute approximate surface area is 205 Å². The van der Waals surface area contributed by atoms with Gasteiger partial charge >= 0.3 is 0 Å². The van der Waals surface area contributed by atoms with Crippen molar-refractivity contribution < 1.29 is 4.74 Å². The Kier molecular flexibility index (Phi) is 13.0. The molecule has 0 aliphatic heterocycles. The van der Waals surface area contributed by atoms with Gasteiger partial charge in [-0.05, 0) is 49.4 Å². The van der Waals surface area contributed by atoms with Gasteiger partial charge in [-0.3, -0.25) is 0 Å². The molecule has 0 aliphatic rings. The summed E-state index contributed by atoms with van der Waals surface area (Å²) >= 11 is 12.9. The summed E-state index contributed by atoms with van der Waals surface area (Å²) in [6, 6.07) is 7.86. The van der Waals surface area contributed by atoms with Gasteiger partial charge in [-0.1, -0.05) is 102 Å². The number of benzene rings is 1. The molecule has 0 bridgehead atoms. The van der Waals surface area contributed by atoms with Gasteiger partial charge in [-0.15, -0.1) is 0 Å². The zero-order chi connectivity index (χ0) is 23.2. The minimum atomic E-state index is 0.464. The fourth-order valence-electron chi connectivity index (χ4n) is 3.71. The summed E-state index contributed by atoms with van der Waals surface area (Å²) in [7, 11) is 0. The van der Waals surface area contributed by atoms with Gasteiger partial charge in [0.05, 0.1) is 6.61 Å². The van der Waals surface area contributed by atoms with Gasteiger partial charge in [0.15, 0.2) is 5.82 Å². The lowest BCUT2D eigenvalue weighted by molar-refractivity contribution is 0.302. The highest BCUT2D eigenvalue weighted by atomic mass is 35.5. The Hall–Kier alpha value is -1.32. The summed E-state index contributed by atoms with van der Waals surface area (Å²) in [6.07, 6.45) is 14.4. The average Bonchev–Trinajstić information content (AvgIpc) is 2.80. The lowest BCUT2D eigenvalue weighted by Gasteiger charge is -2.10. The van der Waals surface area contributed by atoms with E-state index in [1.54, 1.807) is 0 Å². The van der Waals surface area contributed by atoms with Crippen molar-refractivity contribution in [2.24, 2.45) is 5.92 Å². The molecule has 0 aliphatic carbocycles. The normalized spacial score (nSPS) is 12.2. The van der Waals surface area contributed by atoms with Crippen LogP contribution < -0.4 is 4.74 Å². The first kappa shape index (κ1) is 26.9. The van der Waals surface area contributed by atoms with Crippen LogP contribution in [0, 0.1) is 5.92 Å². The molecule has 0 fully saturated rings. The molecule has 2 aromatic rings. The monoisotopic (exact) mass is 478 g/mol. The molecule has 0 radical (unpaired) electrons. The molecule has 0 saturated heterocycles. The van der Waals surface area contributed by atoms with Gasteiger partial charge in [0.25, 0.3) is 0 Å². The van der Waals surface area contributed by atoms with Gasteiger partial charge in [-0.25, -0.2) is 9.97 Å². The Morgan fingerprint density at radius 2 is 1.44 bits per heavy atom. The summed E-state index contributed by atoms with van der Waals surface area (Å²) in [5, 5.41) is 0.928. The summed E-state index contributed by atoms with van der Waals surface area (Å²) in [4.78, 5) is 9.02. The maximum Gasteiger partial charge on any atom is 0.162 e. The predicted molar refractivity (Wildman–Crippen MR) is 138 cm³/mol. The standard InChI is InChI=1S/C27H40Cl2N2O/c1-4-6-7-8-9-12-15-24-25(28)30-27(31-26(24)29)22-16-18-23(19-17-22)32-20-13-10-11-14-21(3)5-2/h16-19,21H,4-15,20H2,1-3H3. The van der Waals surface area contributed by atoms with Crippen molar-refractivity contribution in [1.82, 2.24) is 9.97 Å². The topological polar surface area (TPSA) is 35.0 Å². The van der Waals surface area contributed by atoms with Crippen LogP contribution in [0.3, 0.4) is 0 Å². The number of rotatable bonds is 16. The summed E-state index contributed by atoms with van der Waals surface area (Å²) in [6.45, 7) is 7.57. The minimum Gasteiger partial charge on any atom is -0.494 e. The Bertz CT molecular complexity index is 757. The quantitative estimate of drug-likeness (QED) is 0.178. The number of ether oxygens (including phenoxy) is 1. The summed E-state index contributed by atoms with van der Waals surface area (Å²) in [5.74, 6) is 2.26. The average molecular weight is 480 g/mol. The van der Waals surface area contributed by atoms with E-state index in [1.807, 2.05) is 24.3 Å². The minimum absolute atomic E-state index is 0.464. The molecule has 1 aromatic heterocycles. The van der Waals surface area contributed by atoms with Gasteiger partial charge in [-0.2, -0.15) is 0 Å². The largest absolute Gasteiger partial charge is 0.494 e. The molecule has 1 atom stereocenters. The van der Waals surface area contributed by atoms with E-state index in [1.165, 1.54) is 57.8 Å². The molecule has 0 spiro atoms. The van der Waals surface area contributed by atoms with Crippen LogP contribution in [0.1, 0.15) is 97.0 Å². The predicted octanol–water partition coefficient (Wildman–Crippen LogP) is 9.34. The molecule has 0 N–H and O–H groups in total. The third-order valence-corrected chi connectivity index (χ3v) is 6.73. The Morgan fingerprint density at radius 3 is 2.09 bits per heavy atom. The van der Waals surface area contributed by atoms with Crippen molar-refractivity contribution >= 4 is 23.2 Å². The van der Waals surface area contributed by atoms with Gasteiger partial charge in [0.1, 0.15) is 16.1 Å². The molecule has 178 valence electrons. The van der Waals surface area contributed by atoms with E-state index in [-0.39, 0.29) is 0 Å². The molecule has 0 amide bonds. The number of nitrogens with zero attached hydrogens (tertiary/aromatic N) is 2. The van der Waals surface area contributed by atoms with Crippen LogP contribution in [-0.2, 0) is 6.42 Å². The number of hydrogen-bond donors (Lipinski definition) is 0. The van der Waals surface area contributed by atoms with Crippen molar-refractivity contribution in [2.45, 2.75) is 97.8 Å². The molecule has 1 heterocycles. The first-order chi connectivity index (χ1) is 15.5. The van der Waals surface area contributed by atoms with Crippen molar-refractivity contribution in [3.05, 3.63) is 40.1 Å². The van der Waals surface area contributed by atoms with Crippen molar-refractivity contribution in [3.8, 4) is 17.1 Å². The van der Waals surface area contributed by atoms with Crippen LogP contribution in [0.2, 0.25) is 10.3 Å². The summed E-state index contributed by atoms with van der Waals surface area (Å²) in [5.41, 5.74) is 1.75. The first-order valence-electron chi connectivity index (χ1n) is 12.5. The molecule has 2 rings (SSSR count). The van der Waals surface area contributed by atoms with E-state index >= 15 is 0 Å². The van der Waals surface area contributed by atoms with E-state index in [0.29, 0.717) is 16.1 Å². The third-order valence-electron chi connectivity index (χ3n) is 6.11. The molecular weight excluding hydrogens is 439 g/mol. The molecule has 32 heavy (non-hydrogen) atoms. The number of aromatic nitrogens is 2. The van der Waals surface area contributed by atoms with Crippen LogP contribution >= 0.6 is 23.2 Å². The highest BCUT2D eigenvalue weighted by molar-refractivity contribution is 6.34. The second-order valence-electron chi connectivity index (χ2n) is 8.86. The van der Waals surface area contributed by atoms with Crippen molar-refractivity contribution in [2.75, 3.05) is 6.61 Å². The van der Waals surface area contributed by atoms with E-state index in [4.69, 9.17) is 27.9 Å². The molecule has 0 saturated carbocycles. The van der Waals surface area contributed by atoms with Gasteiger partial charge in [0.2, 0.25) is 0 Å². The van der Waals surface area contributed by atoms with E-state index < -0.39 is 0 Å². The number of halogens is 2. The molecule has 3 nitrogen and oxygen atoms in total. The smallest absolute Gasteiger partial charge is 0.162 e. The van der Waals surface area contributed by atoms with Gasteiger partial charge < -0.3 is 4.74 Å². The molecule has 5 heteroatoms. The van der Waals surface area contributed by atoms with E-state index in [0.717, 1.165) is 48.7 Å². The van der Waals surface area contributed by atoms with Crippen molar-refractivity contribution in [3.63, 3.8) is 0 Å². The zero-order valence-corrected chi connectivity index (χ0v) is 21.6. The fourth-order valence-corrected chi connectivity index (χ4v) is 4.29. The SMILES string of the molecule is CCCCCCCCc1c(Cl)nc(-c2ccc(OCCCCCC(C)CC)cc2)nc1Cl. The Morgan fingerprint density at radius 1 is 0.812 bits per heavy atom. The number of unbranched alkanes of at least 4 members (excludes halogenated alkanes) is 7. The third kappa shape index (κ3) is 9.67. The van der Waals surface area contributed by atoms with Crippen LogP contribution in [0.15, 0.2) is 24.3 Å². The van der Waals surface area contributed by atoms with Gasteiger partial charge in [0, 0.05) is 11.1 Å². The lowest BCUT2D eigenvalue weighted by atomic mass is 10.0.